The summed E-state index contributed by atoms with van der Waals surface area (Å²) in [4.78, 5) is 11.9. The summed E-state index contributed by atoms with van der Waals surface area (Å²) in [6.07, 6.45) is 1.56. The first-order valence-corrected chi connectivity index (χ1v) is 5.56. The van der Waals surface area contributed by atoms with E-state index in [9.17, 15) is 4.79 Å². The number of hydrogen-bond acceptors (Lipinski definition) is 3. The molecular weight excluding hydrogens is 226 g/mol. The molecule has 2 N–H and O–H groups in total. The lowest BCUT2D eigenvalue weighted by Crippen LogP contribution is -2.23. The van der Waals surface area contributed by atoms with Gasteiger partial charge in [0, 0.05) is 11.9 Å². The van der Waals surface area contributed by atoms with Gasteiger partial charge in [-0.25, -0.2) is 0 Å². The highest BCUT2D eigenvalue weighted by Crippen LogP contribution is 2.07. The van der Waals surface area contributed by atoms with E-state index in [-0.39, 0.29) is 11.1 Å². The number of nitrogen functional groups attached to an aromatic ring is 1. The lowest BCUT2D eigenvalue weighted by molar-refractivity contribution is 0.758. The van der Waals surface area contributed by atoms with Gasteiger partial charge in [0.1, 0.15) is 11.6 Å². The number of nitrogens with zero attached hydrogens (tertiary/aromatic N) is 2. The number of pyridine rings is 1. The predicted octanol–water partition coefficient (Wildman–Crippen LogP) is 1.66. The number of anilines is 1. The third kappa shape index (κ3) is 2.41. The van der Waals surface area contributed by atoms with Crippen LogP contribution in [0.3, 0.4) is 0 Å². The largest absolute Gasteiger partial charge is 0.398 e. The summed E-state index contributed by atoms with van der Waals surface area (Å²) in [6.45, 7) is 2.42. The Morgan fingerprint density at radius 3 is 2.61 bits per heavy atom. The highest BCUT2D eigenvalue weighted by Gasteiger charge is 2.05. The molecule has 0 amide bonds. The van der Waals surface area contributed by atoms with Crippen molar-refractivity contribution in [3.8, 4) is 6.07 Å². The molecule has 4 nitrogen and oxygen atoms in total. The van der Waals surface area contributed by atoms with Crippen molar-refractivity contribution >= 4 is 5.69 Å². The summed E-state index contributed by atoms with van der Waals surface area (Å²) in [5.74, 6) is 0. The fourth-order valence-electron chi connectivity index (χ4n) is 1.75. The molecular formula is C14H13N3O. The van der Waals surface area contributed by atoms with E-state index in [1.54, 1.807) is 6.20 Å². The summed E-state index contributed by atoms with van der Waals surface area (Å²) in [7, 11) is 0. The molecule has 0 radical (unpaired) electrons. The summed E-state index contributed by atoms with van der Waals surface area (Å²) >= 11 is 0. The summed E-state index contributed by atoms with van der Waals surface area (Å²) in [5, 5.41) is 8.85. The van der Waals surface area contributed by atoms with E-state index in [1.165, 1.54) is 10.6 Å². The second-order valence-corrected chi connectivity index (χ2v) is 4.22. The molecule has 18 heavy (non-hydrogen) atoms. The van der Waals surface area contributed by atoms with Crippen molar-refractivity contribution in [3.63, 3.8) is 0 Å². The minimum atomic E-state index is -0.313. The van der Waals surface area contributed by atoms with Crippen molar-refractivity contribution in [1.29, 1.82) is 5.26 Å². The third-order valence-electron chi connectivity index (χ3n) is 2.70. The minimum absolute atomic E-state index is 0.0714. The van der Waals surface area contributed by atoms with Crippen LogP contribution in [0.1, 0.15) is 16.7 Å². The first-order valence-electron chi connectivity index (χ1n) is 5.56. The van der Waals surface area contributed by atoms with Crippen LogP contribution in [0.5, 0.6) is 0 Å². The van der Waals surface area contributed by atoms with Gasteiger partial charge in [-0.15, -0.1) is 0 Å². The number of rotatable bonds is 2. The van der Waals surface area contributed by atoms with Crippen molar-refractivity contribution < 1.29 is 0 Å². The van der Waals surface area contributed by atoms with Gasteiger partial charge in [-0.1, -0.05) is 29.8 Å². The van der Waals surface area contributed by atoms with Crippen LogP contribution in [-0.2, 0) is 6.54 Å². The maximum absolute atomic E-state index is 11.9. The Morgan fingerprint density at radius 2 is 2.00 bits per heavy atom. The summed E-state index contributed by atoms with van der Waals surface area (Å²) < 4.78 is 1.46. The zero-order valence-corrected chi connectivity index (χ0v) is 10.1. The van der Waals surface area contributed by atoms with Crippen LogP contribution < -0.4 is 11.3 Å². The summed E-state index contributed by atoms with van der Waals surface area (Å²) in [6, 6.07) is 11.1. The van der Waals surface area contributed by atoms with Crippen LogP contribution in [0.25, 0.3) is 0 Å². The zero-order valence-electron chi connectivity index (χ0n) is 10.1. The maximum atomic E-state index is 11.9. The summed E-state index contributed by atoms with van der Waals surface area (Å²) in [5.41, 5.74) is 8.01. The normalized spacial score (nSPS) is 10.0. The molecule has 0 aliphatic carbocycles. The fraction of sp³-hybridized carbons (Fsp3) is 0.143. The zero-order chi connectivity index (χ0) is 13.1. The monoisotopic (exact) mass is 239 g/mol. The first-order chi connectivity index (χ1) is 8.60. The Hall–Kier alpha value is -2.54. The highest BCUT2D eigenvalue weighted by molar-refractivity contribution is 5.42. The predicted molar refractivity (Wildman–Crippen MR) is 70.1 cm³/mol. The molecule has 2 rings (SSSR count). The third-order valence-corrected chi connectivity index (χ3v) is 2.70. The Balaban J connectivity index is 2.41. The Bertz CT molecular complexity index is 663. The number of benzene rings is 1. The van der Waals surface area contributed by atoms with Crippen LogP contribution in [-0.4, -0.2) is 4.57 Å². The average molecular weight is 239 g/mol. The highest BCUT2D eigenvalue weighted by atomic mass is 16.1. The van der Waals surface area contributed by atoms with E-state index in [1.807, 2.05) is 37.3 Å². The molecule has 1 aromatic heterocycles. The van der Waals surface area contributed by atoms with Crippen molar-refractivity contribution in [2.45, 2.75) is 13.5 Å². The molecule has 0 bridgehead atoms. The molecule has 0 atom stereocenters. The lowest BCUT2D eigenvalue weighted by atomic mass is 10.1. The van der Waals surface area contributed by atoms with Gasteiger partial charge >= 0.3 is 0 Å². The topological polar surface area (TPSA) is 71.8 Å². The van der Waals surface area contributed by atoms with Gasteiger partial charge in [0.15, 0.2) is 0 Å². The molecule has 2 aromatic rings. The van der Waals surface area contributed by atoms with E-state index >= 15 is 0 Å². The standard InChI is InChI=1S/C14H13N3O/c1-10-2-4-11(5-3-10)8-17-9-13(16)6-12(7-15)14(17)18/h2-6,9H,8,16H2,1H3. The van der Waals surface area contributed by atoms with E-state index in [0.29, 0.717) is 12.2 Å². The van der Waals surface area contributed by atoms with E-state index in [4.69, 9.17) is 11.0 Å². The molecule has 0 saturated heterocycles. The van der Waals surface area contributed by atoms with E-state index in [2.05, 4.69) is 0 Å². The minimum Gasteiger partial charge on any atom is -0.398 e. The Kier molecular flexibility index (Phi) is 3.16. The van der Waals surface area contributed by atoms with Gasteiger partial charge < -0.3 is 10.3 Å². The SMILES string of the molecule is Cc1ccc(Cn2cc(N)cc(C#N)c2=O)cc1. The lowest BCUT2D eigenvalue weighted by Gasteiger charge is -2.07. The molecule has 1 heterocycles. The average Bonchev–Trinajstić information content (AvgIpc) is 2.36. The Labute approximate surface area is 105 Å². The molecule has 0 fully saturated rings. The fourth-order valence-corrected chi connectivity index (χ4v) is 1.75. The maximum Gasteiger partial charge on any atom is 0.268 e. The van der Waals surface area contributed by atoms with Crippen LogP contribution >= 0.6 is 0 Å². The van der Waals surface area contributed by atoms with Gasteiger partial charge in [-0.05, 0) is 18.6 Å². The second kappa shape index (κ2) is 4.76. The number of aryl methyl sites for hydroxylation is 1. The van der Waals surface area contributed by atoms with Gasteiger partial charge in [-0.3, -0.25) is 4.79 Å². The first kappa shape index (κ1) is 11.9. The molecule has 0 aliphatic rings. The number of aromatic nitrogens is 1. The molecule has 1 aromatic carbocycles. The van der Waals surface area contributed by atoms with Gasteiger partial charge in [-0.2, -0.15) is 5.26 Å². The number of hydrogen-bond donors (Lipinski definition) is 1. The van der Waals surface area contributed by atoms with Crippen LogP contribution in [0.4, 0.5) is 5.69 Å². The molecule has 0 unspecified atom stereocenters. The van der Waals surface area contributed by atoms with Gasteiger partial charge in [0.2, 0.25) is 0 Å². The van der Waals surface area contributed by atoms with Crippen molar-refractivity contribution in [3.05, 3.63) is 63.6 Å². The second-order valence-electron chi connectivity index (χ2n) is 4.22. The smallest absolute Gasteiger partial charge is 0.268 e. The van der Waals surface area contributed by atoms with E-state index < -0.39 is 0 Å². The van der Waals surface area contributed by atoms with Crippen LogP contribution in [0.15, 0.2) is 41.3 Å². The molecule has 4 heteroatoms. The van der Waals surface area contributed by atoms with Gasteiger partial charge in [0.25, 0.3) is 5.56 Å². The molecule has 90 valence electrons. The number of nitrogens with two attached hydrogens (primary N) is 1. The molecule has 0 saturated carbocycles. The van der Waals surface area contributed by atoms with Crippen LogP contribution in [0.2, 0.25) is 0 Å². The molecule has 0 aliphatic heterocycles. The van der Waals surface area contributed by atoms with Crippen molar-refractivity contribution in [2.24, 2.45) is 0 Å². The van der Waals surface area contributed by atoms with Gasteiger partial charge in [0.05, 0.1) is 6.54 Å². The molecule has 0 spiro atoms. The van der Waals surface area contributed by atoms with Crippen molar-refractivity contribution in [1.82, 2.24) is 4.57 Å². The number of nitriles is 1. The van der Waals surface area contributed by atoms with Crippen LogP contribution in [0, 0.1) is 18.3 Å². The quantitative estimate of drug-likeness (QED) is 0.866. The van der Waals surface area contributed by atoms with E-state index in [0.717, 1.165) is 11.1 Å². The van der Waals surface area contributed by atoms with Crippen molar-refractivity contribution in [2.75, 3.05) is 5.73 Å². The Morgan fingerprint density at radius 1 is 1.33 bits per heavy atom.